The molecular weight excluding hydrogens is 628 g/mol. The van der Waals surface area contributed by atoms with Crippen LogP contribution < -0.4 is 0 Å². The molecule has 4 saturated heterocycles. The zero-order valence-electron chi connectivity index (χ0n) is 25.1. The predicted octanol–water partition coefficient (Wildman–Crippen LogP) is -7.50. The van der Waals surface area contributed by atoms with Crippen molar-refractivity contribution in [2.75, 3.05) is 46.8 Å². The zero-order chi connectivity index (χ0) is 33.9. The lowest BCUT2D eigenvalue weighted by molar-refractivity contribution is -0.366. The summed E-state index contributed by atoms with van der Waals surface area (Å²) in [5, 5.41) is 126. The number of rotatable bonds is 12. The van der Waals surface area contributed by atoms with E-state index in [0.29, 0.717) is 0 Å². The molecule has 46 heavy (non-hydrogen) atoms. The van der Waals surface area contributed by atoms with Crippen LogP contribution in [-0.4, -0.2) is 212 Å². The van der Waals surface area contributed by atoms with E-state index >= 15 is 0 Å². The van der Waals surface area contributed by atoms with Crippen molar-refractivity contribution in [3.05, 3.63) is 0 Å². The van der Waals surface area contributed by atoms with Crippen LogP contribution >= 0.6 is 0 Å². The van der Waals surface area contributed by atoms with Crippen molar-refractivity contribution in [3.8, 4) is 0 Å². The summed E-state index contributed by atoms with van der Waals surface area (Å²) in [5.74, 6) is -2.79. The van der Waals surface area contributed by atoms with Gasteiger partial charge in [-0.1, -0.05) is 0 Å². The molecule has 0 bridgehead atoms. The van der Waals surface area contributed by atoms with Crippen molar-refractivity contribution in [1.82, 2.24) is 0 Å². The Bertz CT molecular complexity index is 912. The van der Waals surface area contributed by atoms with Crippen molar-refractivity contribution < 1.29 is 94.4 Å². The average molecular weight is 677 g/mol. The normalized spacial score (nSPS) is 50.4. The summed E-state index contributed by atoms with van der Waals surface area (Å²) in [6.07, 6.45) is -26.7. The number of hydrogen-bond donors (Lipinski definition) is 12. The lowest BCUT2D eigenvalue weighted by Gasteiger charge is -2.53. The van der Waals surface area contributed by atoms with E-state index in [1.165, 1.54) is 7.11 Å². The lowest BCUT2D eigenvalue weighted by Crippen LogP contribution is -2.69. The fourth-order valence-electron chi connectivity index (χ4n) is 6.72. The highest BCUT2D eigenvalue weighted by molar-refractivity contribution is 5.05. The molecule has 0 aliphatic carbocycles. The molecule has 19 atom stereocenters. The third kappa shape index (κ3) is 7.68. The van der Waals surface area contributed by atoms with Crippen molar-refractivity contribution >= 4 is 0 Å². The second kappa shape index (κ2) is 16.8. The van der Waals surface area contributed by atoms with Gasteiger partial charge in [-0.3, -0.25) is 0 Å². The van der Waals surface area contributed by atoms with Gasteiger partial charge in [0.05, 0.1) is 88.5 Å². The van der Waals surface area contributed by atoms with Gasteiger partial charge in [-0.05, 0) is 0 Å². The Morgan fingerprint density at radius 1 is 0.543 bits per heavy atom. The highest BCUT2D eigenvalue weighted by Gasteiger charge is 2.59. The third-order valence-electron chi connectivity index (χ3n) is 9.19. The van der Waals surface area contributed by atoms with Crippen LogP contribution in [0, 0.1) is 11.8 Å². The first-order valence-corrected chi connectivity index (χ1v) is 15.2. The van der Waals surface area contributed by atoms with E-state index in [-0.39, 0.29) is 19.6 Å². The molecule has 0 aromatic rings. The second-order valence-corrected chi connectivity index (χ2v) is 12.0. The number of methoxy groups -OCH3 is 1. The van der Waals surface area contributed by atoms with Gasteiger partial charge < -0.3 is 94.4 Å². The molecule has 4 aliphatic rings. The van der Waals surface area contributed by atoms with Crippen LogP contribution in [0.3, 0.4) is 0 Å². The number of aliphatic hydroxyl groups is 12. The molecule has 12 N–H and O–H groups in total. The fraction of sp³-hybridized carbons (Fsp3) is 1.00. The number of ether oxygens (including phenoxy) is 7. The molecule has 4 rings (SSSR count). The van der Waals surface area contributed by atoms with Crippen molar-refractivity contribution in [1.29, 1.82) is 0 Å². The van der Waals surface area contributed by atoms with E-state index in [9.17, 15) is 61.3 Å². The van der Waals surface area contributed by atoms with Crippen LogP contribution in [0.2, 0.25) is 0 Å². The summed E-state index contributed by atoms with van der Waals surface area (Å²) in [4.78, 5) is 0. The van der Waals surface area contributed by atoms with E-state index < -0.39 is 142 Å². The van der Waals surface area contributed by atoms with E-state index in [4.69, 9.17) is 33.2 Å². The van der Waals surface area contributed by atoms with Crippen LogP contribution in [0.5, 0.6) is 0 Å². The van der Waals surface area contributed by atoms with Crippen LogP contribution in [0.15, 0.2) is 0 Å². The van der Waals surface area contributed by atoms with Gasteiger partial charge in [0.25, 0.3) is 0 Å². The molecule has 0 saturated carbocycles. The molecule has 4 aliphatic heterocycles. The maximum absolute atomic E-state index is 11.2. The van der Waals surface area contributed by atoms with Crippen LogP contribution in [0.4, 0.5) is 0 Å². The molecule has 0 radical (unpaired) electrons. The highest BCUT2D eigenvalue weighted by Crippen LogP contribution is 2.41. The Morgan fingerprint density at radius 2 is 1.09 bits per heavy atom. The largest absolute Gasteiger partial charge is 0.394 e. The summed E-state index contributed by atoms with van der Waals surface area (Å²) >= 11 is 0. The molecule has 19 heteroatoms. The Kier molecular flexibility index (Phi) is 13.9. The first kappa shape index (κ1) is 38.0. The van der Waals surface area contributed by atoms with Crippen molar-refractivity contribution in [2.45, 2.75) is 111 Å². The summed E-state index contributed by atoms with van der Waals surface area (Å²) < 4.78 is 38.6. The van der Waals surface area contributed by atoms with Crippen molar-refractivity contribution in [2.24, 2.45) is 11.8 Å². The van der Waals surface area contributed by atoms with Gasteiger partial charge in [0, 0.05) is 25.4 Å². The van der Waals surface area contributed by atoms with Crippen LogP contribution in [0.1, 0.15) is 6.42 Å². The first-order chi connectivity index (χ1) is 21.9. The summed E-state index contributed by atoms with van der Waals surface area (Å²) in [7, 11) is 1.42. The molecular formula is C27H48O19. The molecule has 0 spiro atoms. The average Bonchev–Trinajstić information content (AvgIpc) is 3.05. The maximum atomic E-state index is 11.2. The topological polar surface area (TPSA) is 307 Å². The number of aliphatic hydroxyl groups excluding tert-OH is 12. The molecule has 270 valence electrons. The van der Waals surface area contributed by atoms with E-state index in [0.717, 1.165) is 0 Å². The van der Waals surface area contributed by atoms with Gasteiger partial charge in [-0.25, -0.2) is 0 Å². The minimum absolute atomic E-state index is 0.00804. The SMILES string of the molecule is COCCOC1OC(CO)[C@H](O[C@@H]2OC(CO)[C@@H]([C@H]3OC(CO)[C@@H]([C@H]4OC(CO)C[C@@H](O)C4O)[C@@H](O)C3O)[C@@H](O)C2O)[C@@H](O)C1O. The smallest absolute Gasteiger partial charge is 0.187 e. The summed E-state index contributed by atoms with van der Waals surface area (Å²) in [5.41, 5.74) is 0. The Morgan fingerprint density at radius 3 is 1.67 bits per heavy atom. The third-order valence-corrected chi connectivity index (χ3v) is 9.19. The van der Waals surface area contributed by atoms with E-state index in [1.807, 2.05) is 0 Å². The fourth-order valence-corrected chi connectivity index (χ4v) is 6.72. The molecule has 0 aromatic heterocycles. The molecule has 4 fully saturated rings. The standard InChI is InChI=1S/C27H48O19/c1-40-2-3-41-26-22(39)20(37)23(13(8-31)45-26)46-27-21(38)18(35)15(12(7-30)44-27)25-19(36)17(34)14(11(6-29)43-25)24-16(33)10(32)4-9(5-28)42-24/h9-39H,2-8H2,1H3/t9?,10-,11?,12?,13?,14-,15-,16?,17-,18-,19?,20+,21?,22?,23+,24-,25-,26?,27+/m1/s1. The molecule has 0 amide bonds. The maximum Gasteiger partial charge on any atom is 0.187 e. The van der Waals surface area contributed by atoms with Crippen molar-refractivity contribution in [3.63, 3.8) is 0 Å². The first-order valence-electron chi connectivity index (χ1n) is 15.2. The van der Waals surface area contributed by atoms with Crippen LogP contribution in [-0.2, 0) is 33.2 Å². The number of hydrogen-bond acceptors (Lipinski definition) is 19. The monoisotopic (exact) mass is 676 g/mol. The van der Waals surface area contributed by atoms with E-state index in [2.05, 4.69) is 0 Å². The highest BCUT2D eigenvalue weighted by atomic mass is 16.7. The second-order valence-electron chi connectivity index (χ2n) is 12.0. The lowest BCUT2D eigenvalue weighted by atomic mass is 9.73. The molecule has 4 heterocycles. The van der Waals surface area contributed by atoms with Gasteiger partial charge in [0.1, 0.15) is 42.7 Å². The van der Waals surface area contributed by atoms with Gasteiger partial charge in [0.2, 0.25) is 0 Å². The van der Waals surface area contributed by atoms with Gasteiger partial charge in [-0.15, -0.1) is 0 Å². The predicted molar refractivity (Wildman–Crippen MR) is 145 cm³/mol. The minimum Gasteiger partial charge on any atom is -0.394 e. The van der Waals surface area contributed by atoms with Gasteiger partial charge >= 0.3 is 0 Å². The van der Waals surface area contributed by atoms with Gasteiger partial charge in [0.15, 0.2) is 12.6 Å². The molecule has 0 aromatic carbocycles. The van der Waals surface area contributed by atoms with Crippen LogP contribution in [0.25, 0.3) is 0 Å². The Balaban J connectivity index is 1.49. The summed E-state index contributed by atoms with van der Waals surface area (Å²) in [6.45, 7) is -2.74. The zero-order valence-corrected chi connectivity index (χ0v) is 25.1. The molecule has 9 unspecified atom stereocenters. The summed E-state index contributed by atoms with van der Waals surface area (Å²) in [6, 6.07) is 0. The Hall–Kier alpha value is -0.760. The Labute approximate surface area is 264 Å². The van der Waals surface area contributed by atoms with E-state index in [1.54, 1.807) is 0 Å². The minimum atomic E-state index is -1.95. The molecule has 19 nitrogen and oxygen atoms in total. The quantitative estimate of drug-likeness (QED) is 0.0854. The van der Waals surface area contributed by atoms with Gasteiger partial charge in [-0.2, -0.15) is 0 Å².